The van der Waals surface area contributed by atoms with Gasteiger partial charge in [0.2, 0.25) is 15.9 Å². The number of hydrogen-bond acceptors (Lipinski definition) is 5. The van der Waals surface area contributed by atoms with Crippen LogP contribution >= 0.6 is 0 Å². The van der Waals surface area contributed by atoms with E-state index in [1.807, 2.05) is 0 Å². The van der Waals surface area contributed by atoms with Gasteiger partial charge in [0.1, 0.15) is 11.9 Å². The van der Waals surface area contributed by atoms with Crippen molar-refractivity contribution in [3.8, 4) is 0 Å². The zero-order valence-corrected chi connectivity index (χ0v) is 20.3. The van der Waals surface area contributed by atoms with Crippen LogP contribution in [0, 0.1) is 5.82 Å². The molecule has 1 atom stereocenters. The maximum Gasteiger partial charge on any atom is 0.330 e. The molecule has 0 spiro atoms. The van der Waals surface area contributed by atoms with Gasteiger partial charge in [-0.15, -0.1) is 0 Å². The summed E-state index contributed by atoms with van der Waals surface area (Å²) < 4.78 is 44.7. The number of carbonyl (C=O) groups excluding carboxylic acids is 1. The minimum atomic E-state index is -4.29. The van der Waals surface area contributed by atoms with Gasteiger partial charge in [0.05, 0.1) is 15.8 Å². The molecule has 1 heterocycles. The van der Waals surface area contributed by atoms with Gasteiger partial charge in [0.25, 0.3) is 5.56 Å². The van der Waals surface area contributed by atoms with Gasteiger partial charge < -0.3 is 5.32 Å². The molecule has 36 heavy (non-hydrogen) atoms. The molecule has 0 aliphatic carbocycles. The molecule has 0 fully saturated rings. The van der Waals surface area contributed by atoms with Crippen LogP contribution in [-0.2, 0) is 35.3 Å². The molecule has 11 heteroatoms. The first-order chi connectivity index (χ1) is 17.1. The summed E-state index contributed by atoms with van der Waals surface area (Å²) >= 11 is 0. The molecule has 1 unspecified atom stereocenters. The lowest BCUT2D eigenvalue weighted by atomic mass is 10.1. The minimum absolute atomic E-state index is 0.0189. The molecule has 0 saturated heterocycles. The number of nitrogens with one attached hydrogen (secondary N) is 2. The minimum Gasteiger partial charge on any atom is -0.325 e. The van der Waals surface area contributed by atoms with Crippen LogP contribution < -0.4 is 21.3 Å². The second-order valence-electron chi connectivity index (χ2n) is 8.25. The molecule has 0 bridgehead atoms. The van der Waals surface area contributed by atoms with Crippen molar-refractivity contribution in [2.75, 3.05) is 5.32 Å². The Morgan fingerprint density at radius 1 is 0.944 bits per heavy atom. The summed E-state index contributed by atoms with van der Waals surface area (Å²) in [7, 11) is -1.51. The van der Waals surface area contributed by atoms with Crippen molar-refractivity contribution in [3.63, 3.8) is 0 Å². The monoisotopic (exact) mass is 510 g/mol. The molecule has 2 N–H and O–H groups in total. The van der Waals surface area contributed by atoms with E-state index in [0.29, 0.717) is 5.56 Å². The van der Waals surface area contributed by atoms with Gasteiger partial charge in [-0.2, -0.15) is 4.72 Å². The molecule has 1 aromatic heterocycles. The average molecular weight is 511 g/mol. The van der Waals surface area contributed by atoms with E-state index in [2.05, 4.69) is 10.0 Å². The number of amides is 1. The highest BCUT2D eigenvalue weighted by Crippen LogP contribution is 2.17. The number of anilines is 1. The van der Waals surface area contributed by atoms with Crippen LogP contribution in [0.5, 0.6) is 0 Å². The SMILES string of the molecule is Cn1c(=O)c2cc(S(=O)(=O)NC(Cc3ccccc3)C(=O)Nc3cccc(F)c3)ccc2n(C)c1=O. The first-order valence-electron chi connectivity index (χ1n) is 10.9. The molecule has 0 radical (unpaired) electrons. The lowest BCUT2D eigenvalue weighted by molar-refractivity contribution is -0.117. The van der Waals surface area contributed by atoms with Crippen molar-refractivity contribution in [1.82, 2.24) is 13.9 Å². The molecule has 4 aromatic rings. The van der Waals surface area contributed by atoms with Crippen molar-refractivity contribution in [2.24, 2.45) is 14.1 Å². The number of fused-ring (bicyclic) bond motifs is 1. The fourth-order valence-electron chi connectivity index (χ4n) is 3.83. The van der Waals surface area contributed by atoms with Crippen molar-refractivity contribution in [1.29, 1.82) is 0 Å². The summed E-state index contributed by atoms with van der Waals surface area (Å²) in [5.41, 5.74) is -0.0471. The Bertz CT molecular complexity index is 1680. The van der Waals surface area contributed by atoms with Crippen molar-refractivity contribution in [2.45, 2.75) is 17.4 Å². The lowest BCUT2D eigenvalue weighted by Gasteiger charge is -2.19. The summed E-state index contributed by atoms with van der Waals surface area (Å²) in [5.74, 6) is -1.24. The smallest absolute Gasteiger partial charge is 0.325 e. The van der Waals surface area contributed by atoms with Crippen molar-refractivity contribution in [3.05, 3.63) is 105 Å². The van der Waals surface area contributed by atoms with Crippen LogP contribution in [0.1, 0.15) is 5.56 Å². The number of nitrogens with zero attached hydrogens (tertiary/aromatic N) is 2. The van der Waals surface area contributed by atoms with Gasteiger partial charge in [-0.25, -0.2) is 17.6 Å². The molecule has 0 aliphatic heterocycles. The predicted octanol–water partition coefficient (Wildman–Crippen LogP) is 1.90. The van der Waals surface area contributed by atoms with Crippen LogP contribution in [-0.4, -0.2) is 29.5 Å². The van der Waals surface area contributed by atoms with Crippen LogP contribution in [0.25, 0.3) is 10.9 Å². The number of halogens is 1. The largest absolute Gasteiger partial charge is 0.330 e. The van der Waals surface area contributed by atoms with E-state index in [-0.39, 0.29) is 27.9 Å². The Hall–Kier alpha value is -4.09. The van der Waals surface area contributed by atoms with E-state index in [9.17, 15) is 27.2 Å². The maximum absolute atomic E-state index is 13.6. The predicted molar refractivity (Wildman–Crippen MR) is 134 cm³/mol. The second kappa shape index (κ2) is 9.88. The number of hydrogen-bond donors (Lipinski definition) is 2. The normalized spacial score (nSPS) is 12.4. The molecule has 4 rings (SSSR count). The van der Waals surface area contributed by atoms with Gasteiger partial charge in [-0.05, 0) is 48.4 Å². The van der Waals surface area contributed by atoms with Crippen molar-refractivity contribution < 1.29 is 17.6 Å². The highest BCUT2D eigenvalue weighted by atomic mass is 32.2. The number of benzene rings is 3. The number of aromatic nitrogens is 2. The summed E-state index contributed by atoms with van der Waals surface area (Å²) in [4.78, 5) is 37.6. The Balaban J connectivity index is 1.71. The third-order valence-corrected chi connectivity index (χ3v) is 7.21. The van der Waals surface area contributed by atoms with Crippen molar-refractivity contribution >= 4 is 32.5 Å². The Morgan fingerprint density at radius 3 is 2.36 bits per heavy atom. The summed E-state index contributed by atoms with van der Waals surface area (Å²) in [6.45, 7) is 0. The lowest BCUT2D eigenvalue weighted by Crippen LogP contribution is -2.45. The zero-order valence-electron chi connectivity index (χ0n) is 19.4. The third kappa shape index (κ3) is 5.11. The van der Waals surface area contributed by atoms with E-state index in [0.717, 1.165) is 10.6 Å². The summed E-state index contributed by atoms with van der Waals surface area (Å²) in [6.07, 6.45) is 0.0189. The molecule has 9 nitrogen and oxygen atoms in total. The number of sulfonamides is 1. The van der Waals surface area contributed by atoms with Gasteiger partial charge in [-0.1, -0.05) is 36.4 Å². The summed E-state index contributed by atoms with van der Waals surface area (Å²) in [6, 6.07) is 16.6. The van der Waals surface area contributed by atoms with Gasteiger partial charge in [0, 0.05) is 19.8 Å². The molecule has 186 valence electrons. The molecule has 1 amide bonds. The van der Waals surface area contributed by atoms with E-state index < -0.39 is 39.0 Å². The first kappa shape index (κ1) is 25.0. The van der Waals surface area contributed by atoms with Crippen LogP contribution in [0.15, 0.2) is 87.3 Å². The fraction of sp³-hybridized carbons (Fsp3) is 0.160. The van der Waals surface area contributed by atoms with E-state index in [1.54, 1.807) is 30.3 Å². The number of aryl methyl sites for hydroxylation is 1. The Labute approximate surface area is 205 Å². The Morgan fingerprint density at radius 2 is 1.67 bits per heavy atom. The second-order valence-corrected chi connectivity index (χ2v) is 9.96. The molecular formula is C25H23FN4O5S. The highest BCUT2D eigenvalue weighted by Gasteiger charge is 2.27. The van der Waals surface area contributed by atoms with E-state index in [1.165, 1.54) is 55.1 Å². The fourth-order valence-corrected chi connectivity index (χ4v) is 5.05. The molecular weight excluding hydrogens is 487 g/mol. The quantitative estimate of drug-likeness (QED) is 0.394. The molecule has 0 aliphatic rings. The summed E-state index contributed by atoms with van der Waals surface area (Å²) in [5, 5.41) is 2.57. The van der Waals surface area contributed by atoms with Crippen LogP contribution in [0.2, 0.25) is 0 Å². The maximum atomic E-state index is 13.6. The number of rotatable bonds is 7. The highest BCUT2D eigenvalue weighted by molar-refractivity contribution is 7.89. The topological polar surface area (TPSA) is 119 Å². The molecule has 0 saturated carbocycles. The number of carbonyl (C=O) groups is 1. The standard InChI is InChI=1S/C25H23FN4O5S/c1-29-22-12-11-19(15-20(22)24(32)30(2)25(29)33)36(34,35)28-21(13-16-7-4-3-5-8-16)23(31)27-18-10-6-9-17(26)14-18/h3-12,14-15,21,28H,13H2,1-2H3,(H,27,31). The first-order valence-corrected chi connectivity index (χ1v) is 12.4. The zero-order chi connectivity index (χ0) is 26.0. The van der Waals surface area contributed by atoms with Gasteiger partial charge in [-0.3, -0.25) is 18.7 Å². The van der Waals surface area contributed by atoms with Gasteiger partial charge in [0.15, 0.2) is 0 Å². The van der Waals surface area contributed by atoms with Crippen LogP contribution in [0.4, 0.5) is 10.1 Å². The van der Waals surface area contributed by atoms with Crippen LogP contribution in [0.3, 0.4) is 0 Å². The van der Waals surface area contributed by atoms with Gasteiger partial charge >= 0.3 is 5.69 Å². The average Bonchev–Trinajstić information content (AvgIpc) is 2.86. The van der Waals surface area contributed by atoms with E-state index >= 15 is 0 Å². The van der Waals surface area contributed by atoms with E-state index in [4.69, 9.17) is 0 Å². The molecule has 3 aromatic carbocycles. The Kier molecular flexibility index (Phi) is 6.86. The third-order valence-electron chi connectivity index (χ3n) is 5.74.